The first-order valence-electron chi connectivity index (χ1n) is 7.60. The van der Waals surface area contributed by atoms with Gasteiger partial charge in [-0.15, -0.1) is 23.2 Å². The van der Waals surface area contributed by atoms with Gasteiger partial charge >= 0.3 is 6.36 Å². The third-order valence-electron chi connectivity index (χ3n) is 3.98. The molecule has 4 rings (SSSR count). The molecule has 0 radical (unpaired) electrons. The fraction of sp³-hybridized carbons (Fsp3) is 0.0625. The van der Waals surface area contributed by atoms with Gasteiger partial charge in [0.15, 0.2) is 0 Å². The number of rotatable bonds is 2. The highest BCUT2D eigenvalue weighted by Crippen LogP contribution is 2.31. The van der Waals surface area contributed by atoms with Crippen LogP contribution in [0.3, 0.4) is 0 Å². The average Bonchev–Trinajstić information content (AvgIpc) is 2.86. The van der Waals surface area contributed by atoms with Crippen molar-refractivity contribution < 1.29 is 33.1 Å². The number of anilines is 2. The van der Waals surface area contributed by atoms with Crippen LogP contribution in [-0.4, -0.2) is 17.4 Å². The number of carbonyl (C=O) groups excluding carboxylic acids is 1. The number of halogens is 3. The lowest BCUT2D eigenvalue weighted by Crippen LogP contribution is -3.19. The molecule has 2 aliphatic heterocycles. The van der Waals surface area contributed by atoms with E-state index in [4.69, 9.17) is 0 Å². The smallest absolute Gasteiger partial charge is 0.573 e. The number of nitrogens with one attached hydrogen (secondary N) is 2. The molecule has 140 valence electrons. The fourth-order valence-electron chi connectivity index (χ4n) is 2.89. The maximum absolute atomic E-state index is 12.8. The highest BCUT2D eigenvalue weighted by atomic mass is 19.4. The zero-order valence-electron chi connectivity index (χ0n) is 13.3. The summed E-state index contributed by atoms with van der Waals surface area (Å²) in [5.41, 5.74) is 0.631. The molecular weight excluding hydrogens is 369 g/mol. The lowest BCUT2D eigenvalue weighted by Gasteiger charge is -2.35. The van der Waals surface area contributed by atoms with Gasteiger partial charge in [-0.1, -0.05) is 12.1 Å². The van der Waals surface area contributed by atoms with Gasteiger partial charge in [0.1, 0.15) is 17.1 Å². The molecule has 2 aromatic rings. The van der Waals surface area contributed by atoms with Crippen LogP contribution in [0.4, 0.5) is 24.5 Å². The predicted octanol–water partition coefficient (Wildman–Crippen LogP) is 1.55. The van der Waals surface area contributed by atoms with E-state index in [9.17, 15) is 28.3 Å². The van der Waals surface area contributed by atoms with Crippen molar-refractivity contribution in [3.8, 4) is 5.75 Å². The highest BCUT2D eigenvalue weighted by molar-refractivity contribution is 6.03. The van der Waals surface area contributed by atoms with Crippen molar-refractivity contribution in [2.24, 2.45) is 0 Å². The first kappa shape index (κ1) is 17.0. The number of aliphatic hydroxyl groups is 1. The normalized spacial score (nSPS) is 19.0. The summed E-state index contributed by atoms with van der Waals surface area (Å²) in [6.07, 6.45) is -4.84. The Balaban J connectivity index is 1.70. The van der Waals surface area contributed by atoms with Crippen molar-refractivity contribution in [1.82, 2.24) is 5.32 Å². The Kier molecular flexibility index (Phi) is 3.64. The fourth-order valence-corrected chi connectivity index (χ4v) is 2.89. The van der Waals surface area contributed by atoms with E-state index in [1.54, 1.807) is 18.2 Å². The summed E-state index contributed by atoms with van der Waals surface area (Å²) < 4.78 is 40.6. The first-order chi connectivity index (χ1) is 12.8. The number of aliphatic hydroxyl groups excluding tert-OH is 1. The maximum atomic E-state index is 12.8. The van der Waals surface area contributed by atoms with E-state index in [0.717, 1.165) is 22.2 Å². The molecule has 0 bridgehead atoms. The molecule has 2 heterocycles. The topological polar surface area (TPSA) is 92.5 Å². The van der Waals surface area contributed by atoms with E-state index in [1.165, 1.54) is 18.2 Å². The third-order valence-corrected chi connectivity index (χ3v) is 3.98. The van der Waals surface area contributed by atoms with Gasteiger partial charge in [0.05, 0.1) is 5.56 Å². The lowest BCUT2D eigenvalue weighted by atomic mass is 10.1. The van der Waals surface area contributed by atoms with Crippen LogP contribution in [0.25, 0.3) is 0 Å². The monoisotopic (exact) mass is 380 g/mol. The van der Waals surface area contributed by atoms with Crippen molar-refractivity contribution in [3.63, 3.8) is 0 Å². The summed E-state index contributed by atoms with van der Waals surface area (Å²) in [7, 11) is 0. The van der Waals surface area contributed by atoms with Crippen LogP contribution >= 0.6 is 0 Å². The van der Waals surface area contributed by atoms with Gasteiger partial charge in [-0.25, -0.2) is 0 Å². The maximum Gasteiger partial charge on any atom is 0.573 e. The van der Waals surface area contributed by atoms with Crippen LogP contribution in [0, 0.1) is 5.21 Å². The quantitative estimate of drug-likeness (QED) is 0.685. The number of hydrogen-bond donors (Lipinski definition) is 3. The number of nitrogens with zero attached hydrogens (tertiary/aromatic N) is 2. The summed E-state index contributed by atoms with van der Waals surface area (Å²) in [6.45, 7) is 0. The lowest BCUT2D eigenvalue weighted by molar-refractivity contribution is -0.854. The molecule has 0 aromatic heterocycles. The first-order valence-corrected chi connectivity index (χ1v) is 7.60. The number of para-hydroxylation sites is 1. The number of carbonyl (C=O) groups is 1. The van der Waals surface area contributed by atoms with Crippen molar-refractivity contribution >= 4 is 17.3 Å². The minimum Gasteiger partial charge on any atom is -0.581 e. The molecule has 1 amide bonds. The zero-order valence-corrected chi connectivity index (χ0v) is 13.3. The number of benzene rings is 2. The van der Waals surface area contributed by atoms with Crippen LogP contribution in [-0.2, 0) is 0 Å². The van der Waals surface area contributed by atoms with Gasteiger partial charge in [-0.05, 0) is 36.4 Å². The van der Waals surface area contributed by atoms with Crippen molar-refractivity contribution in [2.45, 2.75) is 6.36 Å². The van der Waals surface area contributed by atoms with Crippen LogP contribution in [0.1, 0.15) is 10.4 Å². The van der Waals surface area contributed by atoms with E-state index in [2.05, 4.69) is 10.1 Å². The van der Waals surface area contributed by atoms with Crippen LogP contribution < -0.4 is 25.4 Å². The largest absolute Gasteiger partial charge is 0.581 e. The summed E-state index contributed by atoms with van der Waals surface area (Å²) in [4.78, 5) is 12.2. The van der Waals surface area contributed by atoms with Crippen molar-refractivity contribution in [2.75, 3.05) is 10.0 Å². The number of hydrogen-bond acceptors (Lipinski definition) is 6. The number of alkyl halides is 3. The molecule has 3 N–H and O–H groups in total. The summed E-state index contributed by atoms with van der Waals surface area (Å²) in [5, 5.41) is 27.0. The van der Waals surface area contributed by atoms with Gasteiger partial charge in [0.25, 0.3) is 11.8 Å². The number of fused-ring (bicyclic) bond motifs is 3. The number of quaternary nitrogens is 1. The van der Waals surface area contributed by atoms with Gasteiger partial charge in [0.2, 0.25) is 5.82 Å². The van der Waals surface area contributed by atoms with E-state index in [-0.39, 0.29) is 22.8 Å². The second-order valence-corrected chi connectivity index (χ2v) is 5.64. The molecule has 0 saturated heterocycles. The Morgan fingerprint density at radius 2 is 1.74 bits per heavy atom. The molecule has 2 aromatic carbocycles. The standard InChI is InChI=1S/C16H11F3N4O4/c17-16(18,19)27-10-7-5-9(6-8-10)21-15(25)13-20-14(24)11-3-1-2-4-12(11)22(13)23(21)26/h1-8,23,25H,(H,20,24). The molecule has 0 aliphatic carbocycles. The van der Waals surface area contributed by atoms with Crippen LogP contribution in [0.15, 0.2) is 60.2 Å². The number of ether oxygens (including phenoxy) is 1. The molecule has 2 aliphatic rings. The molecule has 1 atom stereocenters. The minimum atomic E-state index is -4.84. The molecule has 0 spiro atoms. The van der Waals surface area contributed by atoms with E-state index < -0.39 is 29.2 Å². The summed E-state index contributed by atoms with van der Waals surface area (Å²) in [5.74, 6) is -1.64. The minimum absolute atomic E-state index is 0.0978. The van der Waals surface area contributed by atoms with E-state index in [1.807, 2.05) is 0 Å². The Morgan fingerprint density at radius 1 is 1.07 bits per heavy atom. The van der Waals surface area contributed by atoms with Crippen LogP contribution in [0.5, 0.6) is 5.75 Å². The molecule has 11 heteroatoms. The molecule has 8 nitrogen and oxygen atoms in total. The summed E-state index contributed by atoms with van der Waals surface area (Å²) in [6, 6.07) is 10.7. The number of amides is 1. The average molecular weight is 380 g/mol. The highest BCUT2D eigenvalue weighted by Gasteiger charge is 2.44. The van der Waals surface area contributed by atoms with E-state index >= 15 is 0 Å². The molecule has 27 heavy (non-hydrogen) atoms. The molecule has 1 unspecified atom stereocenters. The van der Waals surface area contributed by atoms with Crippen molar-refractivity contribution in [1.29, 1.82) is 0 Å². The summed E-state index contributed by atoms with van der Waals surface area (Å²) >= 11 is 0. The van der Waals surface area contributed by atoms with Crippen LogP contribution in [0.2, 0.25) is 0 Å². The van der Waals surface area contributed by atoms with E-state index in [0.29, 0.717) is 0 Å². The van der Waals surface area contributed by atoms with Gasteiger partial charge < -0.3 is 15.1 Å². The van der Waals surface area contributed by atoms with Gasteiger partial charge in [-0.2, -0.15) is 5.28 Å². The SMILES string of the molecule is O=C1NC2=C(O)N(c3ccc(OC(F)(F)F)cc3)[NH+]([O-])N2c2ccccc21. The Labute approximate surface area is 149 Å². The predicted molar refractivity (Wildman–Crippen MR) is 86.0 cm³/mol. The second-order valence-electron chi connectivity index (χ2n) is 5.64. The Hall–Kier alpha value is -3.44. The van der Waals surface area contributed by atoms with Gasteiger partial charge in [0, 0.05) is 0 Å². The molecule has 0 saturated carbocycles. The van der Waals surface area contributed by atoms with Crippen molar-refractivity contribution in [3.05, 3.63) is 71.0 Å². The van der Waals surface area contributed by atoms with Gasteiger partial charge in [-0.3, -0.25) is 10.1 Å². The zero-order chi connectivity index (χ0) is 19.3. The molecular formula is C16H11F3N4O4. The Morgan fingerprint density at radius 3 is 2.41 bits per heavy atom. The third kappa shape index (κ3) is 2.78. The second kappa shape index (κ2) is 5.79. The Bertz CT molecular complexity index is 945. The molecule has 0 fully saturated rings.